The molecule has 150 valence electrons. The maximum atomic E-state index is 2.24. The summed E-state index contributed by atoms with van der Waals surface area (Å²) in [5, 5.41) is 0. The number of halogens is 3. The van der Waals surface area contributed by atoms with Crippen molar-refractivity contribution < 1.29 is 82.1 Å². The molecule has 27 heavy (non-hydrogen) atoms. The number of allylic oxidation sites excluding steroid dienone is 8. The van der Waals surface area contributed by atoms with Gasteiger partial charge < -0.3 is 48.0 Å². The summed E-state index contributed by atoms with van der Waals surface area (Å²) >= 11 is 0. The van der Waals surface area contributed by atoms with Crippen LogP contribution in [0.3, 0.4) is 0 Å². The van der Waals surface area contributed by atoms with Crippen molar-refractivity contribution in [2.75, 3.05) is 0 Å². The standard InChI is InChI=1S/C10H10.2C6H7.2Fe.3HI/c1-2-6-9(5-1)10-7-3-4-8-10;2*1-6-4-2-3-5-6;;;;;/h1-10H;2*2-5H,1H3;;;3*1H/q;2*-1;2*+2;;;/p-2. The zero-order chi connectivity index (χ0) is 15.6. The first-order valence-corrected chi connectivity index (χ1v) is 7.82. The summed E-state index contributed by atoms with van der Waals surface area (Å²) in [5.41, 5.74) is 2.69. The van der Waals surface area contributed by atoms with Crippen LogP contribution in [0.15, 0.2) is 97.1 Å². The van der Waals surface area contributed by atoms with Crippen molar-refractivity contribution in [3.63, 3.8) is 0 Å². The Hall–Kier alpha value is 0.889. The van der Waals surface area contributed by atoms with Crippen LogP contribution in [0.5, 0.6) is 0 Å². The Labute approximate surface area is 237 Å². The van der Waals surface area contributed by atoms with Gasteiger partial charge in [-0.15, -0.1) is 24.0 Å². The van der Waals surface area contributed by atoms with Crippen LogP contribution in [0, 0.1) is 25.7 Å². The maximum absolute atomic E-state index is 2.24. The maximum Gasteiger partial charge on any atom is 2.00 e. The fourth-order valence-electron chi connectivity index (χ4n) is 2.35. The quantitative estimate of drug-likeness (QED) is 0.225. The molecule has 0 aromatic heterocycles. The van der Waals surface area contributed by atoms with Crippen molar-refractivity contribution in [1.29, 1.82) is 0 Å². The third kappa shape index (κ3) is 15.4. The molecular formula is C22H25Fe2I3. The molecule has 0 N–H and O–H groups in total. The molecule has 0 nitrogen and oxygen atoms in total. The average Bonchev–Trinajstić information content (AvgIpc) is 3.30. The average molecular weight is 782 g/mol. The van der Waals surface area contributed by atoms with Crippen LogP contribution in [-0.4, -0.2) is 0 Å². The Morgan fingerprint density at radius 2 is 0.926 bits per heavy atom. The summed E-state index contributed by atoms with van der Waals surface area (Å²) in [6, 6.07) is 16.5. The van der Waals surface area contributed by atoms with Crippen molar-refractivity contribution in [3.05, 3.63) is 108 Å². The molecule has 0 radical (unpaired) electrons. The van der Waals surface area contributed by atoms with E-state index in [1.165, 1.54) is 11.1 Å². The molecule has 4 rings (SSSR count). The SMILES string of the molecule is C1=CC(C2C=CC=C2)C=C1.Cc1ccc[cH-]1.Cc1ccc[cH-]1.I.[Fe+2].[Fe+2].[I-].[I-]. The number of hydrogen-bond acceptors (Lipinski definition) is 0. The molecule has 2 aliphatic rings. The van der Waals surface area contributed by atoms with Gasteiger partial charge in [0, 0.05) is 11.8 Å². The molecule has 5 heteroatoms. The van der Waals surface area contributed by atoms with Gasteiger partial charge in [-0.25, -0.2) is 24.3 Å². The number of rotatable bonds is 1. The Kier molecular flexibility index (Phi) is 28.3. The first-order chi connectivity index (χ1) is 10.8. The van der Waals surface area contributed by atoms with Gasteiger partial charge in [-0.1, -0.05) is 62.5 Å². The van der Waals surface area contributed by atoms with E-state index in [1.807, 2.05) is 24.3 Å². The zero-order valence-electron chi connectivity index (χ0n) is 15.3. The summed E-state index contributed by atoms with van der Waals surface area (Å²) < 4.78 is 0. The smallest absolute Gasteiger partial charge is 1.00 e. The molecule has 0 bridgehead atoms. The second-order valence-electron chi connectivity index (χ2n) is 5.62. The van der Waals surface area contributed by atoms with E-state index in [9.17, 15) is 0 Å². The predicted octanol–water partition coefficient (Wildman–Crippen LogP) is 0.520. The second-order valence-corrected chi connectivity index (χ2v) is 5.62. The molecule has 0 aliphatic heterocycles. The Bertz CT molecular complexity index is 557. The van der Waals surface area contributed by atoms with Gasteiger partial charge in [-0.05, 0) is 0 Å². The summed E-state index contributed by atoms with van der Waals surface area (Å²) in [4.78, 5) is 0. The van der Waals surface area contributed by atoms with E-state index in [0.29, 0.717) is 11.8 Å². The van der Waals surface area contributed by atoms with Crippen LogP contribution in [0.4, 0.5) is 0 Å². The van der Waals surface area contributed by atoms with Crippen LogP contribution >= 0.6 is 24.0 Å². The molecule has 2 aliphatic carbocycles. The van der Waals surface area contributed by atoms with Gasteiger partial charge in [0.15, 0.2) is 0 Å². The molecule has 0 amide bonds. The van der Waals surface area contributed by atoms with Gasteiger partial charge in [0.2, 0.25) is 0 Å². The Morgan fingerprint density at radius 1 is 0.630 bits per heavy atom. The van der Waals surface area contributed by atoms with Crippen LogP contribution in [0.2, 0.25) is 0 Å². The van der Waals surface area contributed by atoms with Crippen LogP contribution < -0.4 is 48.0 Å². The zero-order valence-corrected chi connectivity index (χ0v) is 24.1. The van der Waals surface area contributed by atoms with E-state index >= 15 is 0 Å². The topological polar surface area (TPSA) is 0 Å². The number of hydrogen-bond donors (Lipinski definition) is 0. The number of aryl methyl sites for hydroxylation is 2. The third-order valence-corrected chi connectivity index (χ3v) is 3.66. The normalized spacial score (nSPS) is 12.7. The largest absolute Gasteiger partial charge is 2.00 e. The van der Waals surface area contributed by atoms with Crippen molar-refractivity contribution in [2.24, 2.45) is 11.8 Å². The minimum Gasteiger partial charge on any atom is -1.00 e. The first kappa shape index (κ1) is 35.3. The molecule has 0 fully saturated rings. The summed E-state index contributed by atoms with van der Waals surface area (Å²) in [6.45, 7) is 4.17. The van der Waals surface area contributed by atoms with E-state index in [4.69, 9.17) is 0 Å². The van der Waals surface area contributed by atoms with E-state index in [0.717, 1.165) is 0 Å². The van der Waals surface area contributed by atoms with E-state index in [-0.39, 0.29) is 106 Å². The van der Waals surface area contributed by atoms with Crippen LogP contribution in [0.1, 0.15) is 11.1 Å². The van der Waals surface area contributed by atoms with Gasteiger partial charge >= 0.3 is 34.1 Å². The predicted molar refractivity (Wildman–Crippen MR) is 112 cm³/mol. The van der Waals surface area contributed by atoms with Crippen molar-refractivity contribution >= 4 is 24.0 Å². The van der Waals surface area contributed by atoms with E-state index < -0.39 is 0 Å². The monoisotopic (exact) mass is 782 g/mol. The van der Waals surface area contributed by atoms with Crippen molar-refractivity contribution in [3.8, 4) is 0 Å². The van der Waals surface area contributed by atoms with Crippen LogP contribution in [0.25, 0.3) is 0 Å². The fourth-order valence-corrected chi connectivity index (χ4v) is 2.35. The minimum atomic E-state index is 0. The second kappa shape index (κ2) is 21.6. The minimum absolute atomic E-state index is 0. The summed E-state index contributed by atoms with van der Waals surface area (Å²) in [7, 11) is 0. The van der Waals surface area contributed by atoms with Gasteiger partial charge in [-0.2, -0.15) is 35.4 Å². The van der Waals surface area contributed by atoms with Gasteiger partial charge in [0.25, 0.3) is 0 Å². The molecule has 0 atom stereocenters. The summed E-state index contributed by atoms with van der Waals surface area (Å²) in [6.07, 6.45) is 17.4. The third-order valence-electron chi connectivity index (χ3n) is 3.66. The van der Waals surface area contributed by atoms with Crippen molar-refractivity contribution in [2.45, 2.75) is 13.8 Å². The molecule has 2 aromatic rings. The van der Waals surface area contributed by atoms with Crippen LogP contribution in [-0.2, 0) is 34.1 Å². The Balaban J connectivity index is -0.000000140. The molecule has 0 unspecified atom stereocenters. The van der Waals surface area contributed by atoms with E-state index in [1.54, 1.807) is 0 Å². The van der Waals surface area contributed by atoms with Gasteiger partial charge in [0.05, 0.1) is 0 Å². The molecule has 0 saturated carbocycles. The first-order valence-electron chi connectivity index (χ1n) is 7.82. The molecule has 0 saturated heterocycles. The molecule has 2 aromatic carbocycles. The van der Waals surface area contributed by atoms with Gasteiger partial charge in [-0.3, -0.25) is 0 Å². The van der Waals surface area contributed by atoms with E-state index in [2.05, 4.69) is 86.7 Å². The Morgan fingerprint density at radius 3 is 1.07 bits per heavy atom. The fraction of sp³-hybridized carbons (Fsp3) is 0.182. The molecule has 0 heterocycles. The van der Waals surface area contributed by atoms with Crippen molar-refractivity contribution in [1.82, 2.24) is 0 Å². The van der Waals surface area contributed by atoms with Gasteiger partial charge in [0.1, 0.15) is 0 Å². The molecular weight excluding hydrogens is 757 g/mol. The summed E-state index contributed by atoms with van der Waals surface area (Å²) in [5.74, 6) is 1.24. The molecule has 0 spiro atoms.